The van der Waals surface area contributed by atoms with E-state index in [0.29, 0.717) is 5.95 Å². The van der Waals surface area contributed by atoms with Gasteiger partial charge in [0.25, 0.3) is 0 Å². The van der Waals surface area contributed by atoms with E-state index in [4.69, 9.17) is 0 Å². The Balaban J connectivity index is 1.67. The largest absolute Gasteiger partial charge is 0.353 e. The van der Waals surface area contributed by atoms with Crippen molar-refractivity contribution >= 4 is 17.5 Å². The number of rotatable bonds is 5. The summed E-state index contributed by atoms with van der Waals surface area (Å²) < 4.78 is 0. The van der Waals surface area contributed by atoms with Crippen molar-refractivity contribution in [3.05, 3.63) is 36.0 Å². The first-order chi connectivity index (χ1) is 11.3. The van der Waals surface area contributed by atoms with Gasteiger partial charge in [-0.2, -0.15) is 10.1 Å². The lowest BCUT2D eigenvalue weighted by Crippen LogP contribution is -2.46. The standard InChI is InChI=1S/C17H24N6/c1-3-14-5-7-15(8-6-14)19-17-20-16(13-18-21-17)23-11-9-22(4-2)10-12-23/h5-8,13H,3-4,9-12H2,1-2H3,(H,19,20,21). The van der Waals surface area contributed by atoms with Crippen LogP contribution >= 0.6 is 0 Å². The van der Waals surface area contributed by atoms with Gasteiger partial charge in [0.15, 0.2) is 5.82 Å². The minimum atomic E-state index is 0.546. The topological polar surface area (TPSA) is 57.2 Å². The molecule has 1 aliphatic heterocycles. The molecule has 0 saturated carbocycles. The van der Waals surface area contributed by atoms with Crippen LogP contribution in [0.2, 0.25) is 0 Å². The number of benzene rings is 1. The third-order valence-electron chi connectivity index (χ3n) is 4.31. The quantitative estimate of drug-likeness (QED) is 0.914. The van der Waals surface area contributed by atoms with E-state index in [1.807, 2.05) is 0 Å². The first kappa shape index (κ1) is 15.7. The zero-order valence-electron chi connectivity index (χ0n) is 13.9. The average molecular weight is 312 g/mol. The van der Waals surface area contributed by atoms with E-state index < -0.39 is 0 Å². The van der Waals surface area contributed by atoms with E-state index in [9.17, 15) is 0 Å². The molecule has 0 amide bonds. The van der Waals surface area contributed by atoms with Crippen LogP contribution in [0.4, 0.5) is 17.5 Å². The number of anilines is 3. The summed E-state index contributed by atoms with van der Waals surface area (Å²) in [5.74, 6) is 1.44. The van der Waals surface area contributed by atoms with Crippen LogP contribution in [0.3, 0.4) is 0 Å². The van der Waals surface area contributed by atoms with Crippen LogP contribution in [0.25, 0.3) is 0 Å². The summed E-state index contributed by atoms with van der Waals surface area (Å²) in [6, 6.07) is 8.33. The molecule has 1 aromatic carbocycles. The zero-order valence-corrected chi connectivity index (χ0v) is 13.9. The third-order valence-corrected chi connectivity index (χ3v) is 4.31. The zero-order chi connectivity index (χ0) is 16.1. The van der Waals surface area contributed by atoms with Gasteiger partial charge in [0, 0.05) is 31.9 Å². The Morgan fingerprint density at radius 3 is 2.43 bits per heavy atom. The highest BCUT2D eigenvalue weighted by Crippen LogP contribution is 2.17. The molecule has 23 heavy (non-hydrogen) atoms. The van der Waals surface area contributed by atoms with Gasteiger partial charge in [0.05, 0.1) is 6.20 Å². The lowest BCUT2D eigenvalue weighted by molar-refractivity contribution is 0.270. The number of hydrogen-bond donors (Lipinski definition) is 1. The second kappa shape index (κ2) is 7.37. The first-order valence-corrected chi connectivity index (χ1v) is 8.31. The lowest BCUT2D eigenvalue weighted by atomic mass is 10.1. The Morgan fingerprint density at radius 2 is 1.78 bits per heavy atom. The molecule has 0 aliphatic carbocycles. The monoisotopic (exact) mass is 312 g/mol. The van der Waals surface area contributed by atoms with E-state index in [-0.39, 0.29) is 0 Å². The normalized spacial score (nSPS) is 15.7. The molecular weight excluding hydrogens is 288 g/mol. The Bertz CT molecular complexity index is 619. The molecule has 2 heterocycles. The van der Waals surface area contributed by atoms with Gasteiger partial charge in [-0.25, -0.2) is 0 Å². The average Bonchev–Trinajstić information content (AvgIpc) is 2.63. The highest BCUT2D eigenvalue weighted by atomic mass is 15.3. The molecule has 3 rings (SSSR count). The fourth-order valence-electron chi connectivity index (χ4n) is 2.75. The smallest absolute Gasteiger partial charge is 0.249 e. The van der Waals surface area contributed by atoms with E-state index in [1.165, 1.54) is 5.56 Å². The van der Waals surface area contributed by atoms with Gasteiger partial charge in [0.2, 0.25) is 5.95 Å². The van der Waals surface area contributed by atoms with Gasteiger partial charge in [0.1, 0.15) is 0 Å². The Kier molecular flexibility index (Phi) is 5.02. The van der Waals surface area contributed by atoms with Crippen molar-refractivity contribution in [1.29, 1.82) is 0 Å². The molecule has 0 atom stereocenters. The molecule has 0 radical (unpaired) electrons. The molecule has 0 spiro atoms. The molecule has 1 saturated heterocycles. The van der Waals surface area contributed by atoms with Gasteiger partial charge in [-0.05, 0) is 30.7 Å². The molecule has 6 nitrogen and oxygen atoms in total. The summed E-state index contributed by atoms with van der Waals surface area (Å²) in [4.78, 5) is 9.32. The highest BCUT2D eigenvalue weighted by molar-refractivity contribution is 5.54. The summed E-state index contributed by atoms with van der Waals surface area (Å²) in [6.07, 6.45) is 2.78. The second-order valence-corrected chi connectivity index (χ2v) is 5.73. The summed E-state index contributed by atoms with van der Waals surface area (Å²) in [5, 5.41) is 11.4. The van der Waals surface area contributed by atoms with Crippen LogP contribution < -0.4 is 10.2 Å². The van der Waals surface area contributed by atoms with Crippen LogP contribution in [0.15, 0.2) is 30.5 Å². The lowest BCUT2D eigenvalue weighted by Gasteiger charge is -2.34. The van der Waals surface area contributed by atoms with Crippen molar-refractivity contribution in [2.24, 2.45) is 0 Å². The number of aromatic nitrogens is 3. The number of nitrogens with one attached hydrogen (secondary N) is 1. The van der Waals surface area contributed by atoms with Gasteiger partial charge in [-0.15, -0.1) is 5.10 Å². The molecule has 0 bridgehead atoms. The molecule has 1 N–H and O–H groups in total. The Hall–Kier alpha value is -2.21. The van der Waals surface area contributed by atoms with Gasteiger partial charge < -0.3 is 15.1 Å². The van der Waals surface area contributed by atoms with Crippen molar-refractivity contribution in [3.8, 4) is 0 Å². The molecule has 1 aromatic heterocycles. The second-order valence-electron chi connectivity index (χ2n) is 5.73. The summed E-state index contributed by atoms with van der Waals surface area (Å²) in [7, 11) is 0. The summed E-state index contributed by atoms with van der Waals surface area (Å²) in [6.45, 7) is 9.57. The molecule has 2 aromatic rings. The van der Waals surface area contributed by atoms with Crippen LogP contribution in [-0.4, -0.2) is 52.8 Å². The maximum absolute atomic E-state index is 4.61. The molecular formula is C17H24N6. The fraction of sp³-hybridized carbons (Fsp3) is 0.471. The van der Waals surface area contributed by atoms with Crippen LogP contribution in [0.5, 0.6) is 0 Å². The number of hydrogen-bond acceptors (Lipinski definition) is 6. The van der Waals surface area contributed by atoms with Crippen molar-refractivity contribution in [1.82, 2.24) is 20.1 Å². The molecule has 122 valence electrons. The molecule has 1 fully saturated rings. The van der Waals surface area contributed by atoms with Crippen LogP contribution in [-0.2, 0) is 6.42 Å². The first-order valence-electron chi connectivity index (χ1n) is 8.31. The van der Waals surface area contributed by atoms with Gasteiger partial charge >= 0.3 is 0 Å². The summed E-state index contributed by atoms with van der Waals surface area (Å²) in [5.41, 5.74) is 2.30. The minimum absolute atomic E-state index is 0.546. The number of aryl methyl sites for hydroxylation is 1. The van der Waals surface area contributed by atoms with Gasteiger partial charge in [-0.3, -0.25) is 0 Å². The van der Waals surface area contributed by atoms with Crippen molar-refractivity contribution in [3.63, 3.8) is 0 Å². The maximum atomic E-state index is 4.61. The van der Waals surface area contributed by atoms with Crippen LogP contribution in [0, 0.1) is 0 Å². The van der Waals surface area contributed by atoms with E-state index in [1.54, 1.807) is 6.20 Å². The number of piperazine rings is 1. The molecule has 6 heteroatoms. The fourth-order valence-corrected chi connectivity index (χ4v) is 2.75. The Labute approximate surface area is 137 Å². The summed E-state index contributed by atoms with van der Waals surface area (Å²) >= 11 is 0. The molecule has 0 unspecified atom stereocenters. The number of likely N-dealkylation sites (N-methyl/N-ethyl adjacent to an activating group) is 1. The predicted molar refractivity (Wildman–Crippen MR) is 93.3 cm³/mol. The van der Waals surface area contributed by atoms with E-state index >= 15 is 0 Å². The minimum Gasteiger partial charge on any atom is -0.353 e. The van der Waals surface area contributed by atoms with Gasteiger partial charge in [-0.1, -0.05) is 26.0 Å². The maximum Gasteiger partial charge on any atom is 0.249 e. The van der Waals surface area contributed by atoms with Crippen LogP contribution in [0.1, 0.15) is 19.4 Å². The van der Waals surface area contributed by atoms with E-state index in [0.717, 1.165) is 50.6 Å². The van der Waals surface area contributed by atoms with Crippen molar-refractivity contribution in [2.75, 3.05) is 42.9 Å². The van der Waals surface area contributed by atoms with E-state index in [2.05, 4.69) is 68.4 Å². The third kappa shape index (κ3) is 3.96. The Morgan fingerprint density at radius 1 is 1.04 bits per heavy atom. The van der Waals surface area contributed by atoms with Crippen molar-refractivity contribution < 1.29 is 0 Å². The SMILES string of the molecule is CCc1ccc(Nc2nncc(N3CCN(CC)CC3)n2)cc1. The molecule has 1 aliphatic rings. The van der Waals surface area contributed by atoms with Crippen molar-refractivity contribution in [2.45, 2.75) is 20.3 Å². The predicted octanol–water partition coefficient (Wildman–Crippen LogP) is 2.32. The number of nitrogens with zero attached hydrogens (tertiary/aromatic N) is 5. The highest BCUT2D eigenvalue weighted by Gasteiger charge is 2.17.